The van der Waals surface area contributed by atoms with Gasteiger partial charge in [-0.3, -0.25) is 0 Å². The standard InChI is InChI=1S/C15H19ClN6O/c1-23-8-10-7-21(20-19-10)13-4-11-2-3-12(5-13)22(11)15-14(16)6-17-9-18-15/h6-7,9,11-13H,2-5,8H2,1H3. The number of rotatable bonds is 4. The molecular weight excluding hydrogens is 316 g/mol. The van der Waals surface area contributed by atoms with Crippen molar-refractivity contribution in [2.24, 2.45) is 0 Å². The lowest BCUT2D eigenvalue weighted by molar-refractivity contribution is 0.181. The Labute approximate surface area is 139 Å². The lowest BCUT2D eigenvalue weighted by atomic mass is 9.97. The number of piperidine rings is 1. The Morgan fingerprint density at radius 3 is 2.74 bits per heavy atom. The molecule has 2 saturated heterocycles. The molecule has 8 heteroatoms. The van der Waals surface area contributed by atoms with E-state index >= 15 is 0 Å². The molecule has 2 aromatic rings. The molecule has 0 radical (unpaired) electrons. The van der Waals surface area contributed by atoms with Gasteiger partial charge in [-0.1, -0.05) is 16.8 Å². The summed E-state index contributed by atoms with van der Waals surface area (Å²) in [4.78, 5) is 10.8. The Morgan fingerprint density at radius 2 is 2.04 bits per heavy atom. The fourth-order valence-electron chi connectivity index (χ4n) is 3.91. The first-order chi connectivity index (χ1) is 11.3. The van der Waals surface area contributed by atoms with E-state index in [0.29, 0.717) is 29.8 Å². The van der Waals surface area contributed by atoms with Gasteiger partial charge in [0.15, 0.2) is 5.82 Å². The van der Waals surface area contributed by atoms with Gasteiger partial charge < -0.3 is 9.64 Å². The number of anilines is 1. The molecule has 122 valence electrons. The highest BCUT2D eigenvalue weighted by atomic mass is 35.5. The zero-order chi connectivity index (χ0) is 15.8. The van der Waals surface area contributed by atoms with Gasteiger partial charge in [0.25, 0.3) is 0 Å². The summed E-state index contributed by atoms with van der Waals surface area (Å²) in [5.41, 5.74) is 0.876. The number of hydrogen-bond donors (Lipinski definition) is 0. The fraction of sp³-hybridized carbons (Fsp3) is 0.600. The number of nitrogens with zero attached hydrogens (tertiary/aromatic N) is 6. The highest BCUT2D eigenvalue weighted by Gasteiger charge is 2.43. The minimum atomic E-state index is 0.377. The van der Waals surface area contributed by atoms with Gasteiger partial charge >= 0.3 is 0 Å². The van der Waals surface area contributed by atoms with Crippen LogP contribution in [0, 0.1) is 0 Å². The average Bonchev–Trinajstić information content (AvgIpc) is 3.11. The molecule has 0 amide bonds. The number of fused-ring (bicyclic) bond motifs is 2. The van der Waals surface area contributed by atoms with E-state index in [1.165, 1.54) is 12.8 Å². The minimum absolute atomic E-state index is 0.377. The first-order valence-electron chi connectivity index (χ1n) is 7.89. The van der Waals surface area contributed by atoms with E-state index < -0.39 is 0 Å². The number of ether oxygens (including phenoxy) is 1. The molecule has 2 atom stereocenters. The molecule has 2 fully saturated rings. The van der Waals surface area contributed by atoms with Crippen LogP contribution < -0.4 is 4.90 Å². The fourth-order valence-corrected chi connectivity index (χ4v) is 4.11. The zero-order valence-electron chi connectivity index (χ0n) is 13.0. The Kier molecular flexibility index (Phi) is 3.90. The van der Waals surface area contributed by atoms with Gasteiger partial charge in [0, 0.05) is 19.2 Å². The van der Waals surface area contributed by atoms with Crippen LogP contribution in [0.15, 0.2) is 18.7 Å². The van der Waals surface area contributed by atoms with Crippen molar-refractivity contribution < 1.29 is 4.74 Å². The minimum Gasteiger partial charge on any atom is -0.378 e. The molecule has 2 bridgehead atoms. The van der Waals surface area contributed by atoms with Crippen molar-refractivity contribution in [1.29, 1.82) is 0 Å². The maximum atomic E-state index is 6.30. The van der Waals surface area contributed by atoms with Crippen LogP contribution in [0.3, 0.4) is 0 Å². The zero-order valence-corrected chi connectivity index (χ0v) is 13.7. The van der Waals surface area contributed by atoms with Crippen LogP contribution in [0.1, 0.15) is 37.4 Å². The number of halogens is 1. The van der Waals surface area contributed by atoms with Gasteiger partial charge in [-0.2, -0.15) is 0 Å². The molecule has 0 aliphatic carbocycles. The number of aromatic nitrogens is 5. The largest absolute Gasteiger partial charge is 0.378 e. The predicted molar refractivity (Wildman–Crippen MR) is 85.3 cm³/mol. The molecule has 2 aromatic heterocycles. The van der Waals surface area contributed by atoms with Crippen LogP contribution in [0.25, 0.3) is 0 Å². The van der Waals surface area contributed by atoms with Gasteiger partial charge in [-0.25, -0.2) is 14.6 Å². The Hall–Kier alpha value is -1.73. The summed E-state index contributed by atoms with van der Waals surface area (Å²) in [7, 11) is 1.67. The SMILES string of the molecule is COCc1cn(C2CC3CCC(C2)N3c2ncncc2Cl)nn1. The molecule has 0 aromatic carbocycles. The summed E-state index contributed by atoms with van der Waals surface area (Å²) in [6.07, 6.45) is 9.65. The normalized spacial score (nSPS) is 26.7. The summed E-state index contributed by atoms with van der Waals surface area (Å²) in [5.74, 6) is 0.867. The third kappa shape index (κ3) is 2.68. The van der Waals surface area contributed by atoms with Gasteiger partial charge in [-0.05, 0) is 25.7 Å². The molecule has 2 unspecified atom stereocenters. The summed E-state index contributed by atoms with van der Waals surface area (Å²) in [6.45, 7) is 0.502. The first kappa shape index (κ1) is 14.8. The van der Waals surface area contributed by atoms with Gasteiger partial charge in [0.2, 0.25) is 0 Å². The number of methoxy groups -OCH3 is 1. The second-order valence-corrected chi connectivity index (χ2v) is 6.64. The molecule has 0 spiro atoms. The maximum absolute atomic E-state index is 6.30. The summed E-state index contributed by atoms with van der Waals surface area (Å²) in [6, 6.07) is 1.27. The van der Waals surface area contributed by atoms with Crippen LogP contribution in [-0.4, -0.2) is 44.2 Å². The molecule has 0 N–H and O–H groups in total. The summed E-state index contributed by atoms with van der Waals surface area (Å²) < 4.78 is 7.12. The maximum Gasteiger partial charge on any atom is 0.151 e. The molecule has 7 nitrogen and oxygen atoms in total. The van der Waals surface area contributed by atoms with E-state index in [1.807, 2.05) is 10.9 Å². The molecule has 4 heterocycles. The van der Waals surface area contributed by atoms with Gasteiger partial charge in [0.1, 0.15) is 17.0 Å². The predicted octanol–water partition coefficient (Wildman–Crippen LogP) is 2.24. The van der Waals surface area contributed by atoms with Gasteiger partial charge in [-0.15, -0.1) is 5.10 Å². The van der Waals surface area contributed by atoms with E-state index in [1.54, 1.807) is 19.6 Å². The Bertz CT molecular complexity index is 678. The molecule has 4 rings (SSSR count). The second kappa shape index (κ2) is 6.05. The van der Waals surface area contributed by atoms with Crippen LogP contribution in [0.2, 0.25) is 5.02 Å². The number of hydrogen-bond acceptors (Lipinski definition) is 6. The van der Waals surface area contributed by atoms with Gasteiger partial charge in [0.05, 0.1) is 25.0 Å². The van der Waals surface area contributed by atoms with Crippen molar-refractivity contribution in [3.63, 3.8) is 0 Å². The summed E-state index contributed by atoms with van der Waals surface area (Å²) in [5, 5.41) is 9.09. The van der Waals surface area contributed by atoms with Crippen LogP contribution in [0.5, 0.6) is 0 Å². The van der Waals surface area contributed by atoms with Crippen molar-refractivity contribution in [3.05, 3.63) is 29.4 Å². The lowest BCUT2D eigenvalue weighted by Crippen LogP contribution is -2.44. The van der Waals surface area contributed by atoms with E-state index in [0.717, 1.165) is 24.4 Å². The van der Waals surface area contributed by atoms with Crippen molar-refractivity contribution in [1.82, 2.24) is 25.0 Å². The van der Waals surface area contributed by atoms with Crippen molar-refractivity contribution >= 4 is 17.4 Å². The molecule has 2 aliphatic heterocycles. The topological polar surface area (TPSA) is 69.0 Å². The average molecular weight is 335 g/mol. The van der Waals surface area contributed by atoms with Crippen LogP contribution >= 0.6 is 11.6 Å². The monoisotopic (exact) mass is 334 g/mol. The highest BCUT2D eigenvalue weighted by Crippen LogP contribution is 2.44. The Morgan fingerprint density at radius 1 is 1.26 bits per heavy atom. The first-order valence-corrected chi connectivity index (χ1v) is 8.27. The summed E-state index contributed by atoms with van der Waals surface area (Å²) >= 11 is 6.30. The molecule has 23 heavy (non-hydrogen) atoms. The molecule has 2 aliphatic rings. The second-order valence-electron chi connectivity index (χ2n) is 6.23. The highest BCUT2D eigenvalue weighted by molar-refractivity contribution is 6.32. The molecular formula is C15H19ClN6O. The van der Waals surface area contributed by atoms with Crippen LogP contribution in [0.4, 0.5) is 5.82 Å². The lowest BCUT2D eigenvalue weighted by Gasteiger charge is -2.39. The third-order valence-corrected chi connectivity index (χ3v) is 5.09. The van der Waals surface area contributed by atoms with Crippen molar-refractivity contribution in [3.8, 4) is 0 Å². The third-order valence-electron chi connectivity index (χ3n) is 4.83. The van der Waals surface area contributed by atoms with Crippen LogP contribution in [-0.2, 0) is 11.3 Å². The van der Waals surface area contributed by atoms with E-state index in [2.05, 4.69) is 25.2 Å². The van der Waals surface area contributed by atoms with E-state index in [-0.39, 0.29) is 0 Å². The quantitative estimate of drug-likeness (QED) is 0.854. The van der Waals surface area contributed by atoms with Crippen molar-refractivity contribution in [2.75, 3.05) is 12.0 Å². The van der Waals surface area contributed by atoms with E-state index in [9.17, 15) is 0 Å². The molecule has 0 saturated carbocycles. The Balaban J connectivity index is 1.54. The van der Waals surface area contributed by atoms with Crippen molar-refractivity contribution in [2.45, 2.75) is 50.4 Å². The smallest absolute Gasteiger partial charge is 0.151 e. The van der Waals surface area contributed by atoms with E-state index in [4.69, 9.17) is 16.3 Å².